The molecule has 2 unspecified atom stereocenters. The van der Waals surface area contributed by atoms with Crippen LogP contribution in [0.4, 0.5) is 0 Å². The van der Waals surface area contributed by atoms with Crippen LogP contribution in [0.3, 0.4) is 0 Å². The summed E-state index contributed by atoms with van der Waals surface area (Å²) in [7, 11) is 0. The van der Waals surface area contributed by atoms with E-state index in [0.29, 0.717) is 12.1 Å². The minimum atomic E-state index is 0.580. The van der Waals surface area contributed by atoms with Gasteiger partial charge in [-0.2, -0.15) is 0 Å². The summed E-state index contributed by atoms with van der Waals surface area (Å²) in [6.45, 7) is 2.57. The van der Waals surface area contributed by atoms with Gasteiger partial charge in [-0.05, 0) is 49.3 Å². The van der Waals surface area contributed by atoms with E-state index >= 15 is 0 Å². The predicted octanol–water partition coefficient (Wildman–Crippen LogP) is 3.26. The molecular weight excluding hydrogens is 300 g/mol. The largest absolute Gasteiger partial charge is 0.306 e. The number of hydrogen-bond donors (Lipinski definition) is 1. The van der Waals surface area contributed by atoms with Crippen molar-refractivity contribution in [1.82, 2.24) is 10.2 Å². The minimum Gasteiger partial charge on any atom is -0.306 e. The molecule has 19 heavy (non-hydrogen) atoms. The van der Waals surface area contributed by atoms with E-state index in [2.05, 4.69) is 44.3 Å². The summed E-state index contributed by atoms with van der Waals surface area (Å²) in [5, 5.41) is 3.91. The van der Waals surface area contributed by atoms with E-state index in [1.165, 1.54) is 60.8 Å². The zero-order valence-corrected chi connectivity index (χ0v) is 12.8. The highest BCUT2D eigenvalue weighted by atomic mass is 79.9. The Kier molecular flexibility index (Phi) is 3.17. The third kappa shape index (κ3) is 2.37. The van der Waals surface area contributed by atoms with Crippen molar-refractivity contribution >= 4 is 15.9 Å². The van der Waals surface area contributed by atoms with E-state index in [1.807, 2.05) is 0 Å². The van der Waals surface area contributed by atoms with E-state index in [0.717, 1.165) is 6.04 Å². The zero-order valence-electron chi connectivity index (χ0n) is 11.2. The molecule has 3 heteroatoms. The van der Waals surface area contributed by atoms with Gasteiger partial charge in [0.25, 0.3) is 0 Å². The third-order valence-corrected chi connectivity index (χ3v) is 5.68. The SMILES string of the molecule is Brc1cccc2c1CCC2NC1CCN(C2CC2)C1. The quantitative estimate of drug-likeness (QED) is 0.919. The molecule has 102 valence electrons. The second-order valence-corrected chi connectivity index (χ2v) is 7.13. The van der Waals surface area contributed by atoms with Crippen LogP contribution in [0.2, 0.25) is 0 Å². The molecule has 1 aliphatic heterocycles. The van der Waals surface area contributed by atoms with Crippen molar-refractivity contribution in [2.75, 3.05) is 13.1 Å². The lowest BCUT2D eigenvalue weighted by Crippen LogP contribution is -2.35. The molecule has 2 atom stereocenters. The van der Waals surface area contributed by atoms with Crippen LogP contribution >= 0.6 is 15.9 Å². The van der Waals surface area contributed by atoms with Crippen molar-refractivity contribution in [3.8, 4) is 0 Å². The summed E-state index contributed by atoms with van der Waals surface area (Å²) in [5.74, 6) is 0. The van der Waals surface area contributed by atoms with Gasteiger partial charge in [-0.3, -0.25) is 4.90 Å². The van der Waals surface area contributed by atoms with Crippen molar-refractivity contribution in [3.63, 3.8) is 0 Å². The number of benzene rings is 1. The molecule has 0 aromatic heterocycles. The molecule has 0 radical (unpaired) electrons. The number of halogens is 1. The Morgan fingerprint density at radius 2 is 2.05 bits per heavy atom. The molecule has 4 rings (SSSR count). The van der Waals surface area contributed by atoms with E-state index in [4.69, 9.17) is 0 Å². The van der Waals surface area contributed by atoms with Crippen LogP contribution < -0.4 is 5.32 Å². The van der Waals surface area contributed by atoms with Gasteiger partial charge in [0.1, 0.15) is 0 Å². The number of fused-ring (bicyclic) bond motifs is 1. The fourth-order valence-electron chi connectivity index (χ4n) is 3.76. The van der Waals surface area contributed by atoms with Crippen LogP contribution in [0, 0.1) is 0 Å². The molecule has 0 amide bonds. The third-order valence-electron chi connectivity index (χ3n) is 4.93. The number of likely N-dealkylation sites (tertiary alicyclic amines) is 1. The average Bonchev–Trinajstić information content (AvgIpc) is 3.02. The molecule has 0 spiro atoms. The highest BCUT2D eigenvalue weighted by molar-refractivity contribution is 9.10. The molecular formula is C16H21BrN2. The Morgan fingerprint density at radius 1 is 1.16 bits per heavy atom. The first kappa shape index (κ1) is 12.4. The molecule has 1 N–H and O–H groups in total. The van der Waals surface area contributed by atoms with Crippen LogP contribution in [-0.4, -0.2) is 30.1 Å². The smallest absolute Gasteiger partial charge is 0.0329 e. The van der Waals surface area contributed by atoms with Crippen molar-refractivity contribution < 1.29 is 0 Å². The predicted molar refractivity (Wildman–Crippen MR) is 81.3 cm³/mol. The summed E-state index contributed by atoms with van der Waals surface area (Å²) in [6, 6.07) is 8.86. The van der Waals surface area contributed by atoms with Crippen LogP contribution in [-0.2, 0) is 6.42 Å². The van der Waals surface area contributed by atoms with E-state index in [1.54, 1.807) is 0 Å². The molecule has 1 saturated heterocycles. The Hall–Kier alpha value is -0.380. The molecule has 1 aromatic rings. The van der Waals surface area contributed by atoms with E-state index in [9.17, 15) is 0 Å². The van der Waals surface area contributed by atoms with Gasteiger partial charge in [-0.1, -0.05) is 28.1 Å². The Balaban J connectivity index is 1.44. The molecule has 3 aliphatic rings. The second-order valence-electron chi connectivity index (χ2n) is 6.28. The average molecular weight is 321 g/mol. The summed E-state index contributed by atoms with van der Waals surface area (Å²) >= 11 is 3.69. The first-order valence-corrected chi connectivity index (χ1v) is 8.38. The van der Waals surface area contributed by atoms with Gasteiger partial charge in [-0.25, -0.2) is 0 Å². The standard InChI is InChI=1S/C16H21BrN2/c17-15-3-1-2-14-13(15)6-7-16(14)18-11-8-9-19(10-11)12-4-5-12/h1-3,11-12,16,18H,4-10H2. The lowest BCUT2D eigenvalue weighted by molar-refractivity contribution is 0.312. The molecule has 0 bridgehead atoms. The molecule has 1 saturated carbocycles. The van der Waals surface area contributed by atoms with Gasteiger partial charge in [0.05, 0.1) is 0 Å². The van der Waals surface area contributed by atoms with Crippen molar-refractivity contribution in [2.45, 2.75) is 50.2 Å². The number of nitrogens with one attached hydrogen (secondary N) is 1. The normalized spacial score (nSPS) is 30.8. The summed E-state index contributed by atoms with van der Waals surface area (Å²) < 4.78 is 1.29. The lowest BCUT2D eigenvalue weighted by Gasteiger charge is -2.21. The highest BCUT2D eigenvalue weighted by Gasteiger charge is 2.35. The van der Waals surface area contributed by atoms with Gasteiger partial charge >= 0.3 is 0 Å². The number of nitrogens with zero attached hydrogens (tertiary/aromatic N) is 1. The molecule has 1 heterocycles. The first-order chi connectivity index (χ1) is 9.31. The summed E-state index contributed by atoms with van der Waals surface area (Å²) in [6.07, 6.45) is 6.68. The summed E-state index contributed by atoms with van der Waals surface area (Å²) in [4.78, 5) is 2.69. The van der Waals surface area contributed by atoms with E-state index in [-0.39, 0.29) is 0 Å². The molecule has 2 aliphatic carbocycles. The van der Waals surface area contributed by atoms with Gasteiger partial charge in [0.15, 0.2) is 0 Å². The van der Waals surface area contributed by atoms with Crippen LogP contribution in [0.15, 0.2) is 22.7 Å². The van der Waals surface area contributed by atoms with Crippen molar-refractivity contribution in [3.05, 3.63) is 33.8 Å². The Bertz CT molecular complexity index is 484. The van der Waals surface area contributed by atoms with E-state index < -0.39 is 0 Å². The maximum Gasteiger partial charge on any atom is 0.0329 e. The Labute approximate surface area is 123 Å². The fraction of sp³-hybridized carbons (Fsp3) is 0.625. The number of rotatable bonds is 3. The van der Waals surface area contributed by atoms with Gasteiger partial charge in [-0.15, -0.1) is 0 Å². The maximum absolute atomic E-state index is 3.91. The second kappa shape index (κ2) is 4.87. The molecule has 1 aromatic carbocycles. The minimum absolute atomic E-state index is 0.580. The first-order valence-electron chi connectivity index (χ1n) is 7.58. The molecule has 2 nitrogen and oxygen atoms in total. The Morgan fingerprint density at radius 3 is 2.89 bits per heavy atom. The fourth-order valence-corrected chi connectivity index (χ4v) is 4.34. The van der Waals surface area contributed by atoms with Crippen LogP contribution in [0.1, 0.15) is 42.9 Å². The lowest BCUT2D eigenvalue weighted by atomic mass is 10.1. The topological polar surface area (TPSA) is 15.3 Å². The van der Waals surface area contributed by atoms with Crippen LogP contribution in [0.5, 0.6) is 0 Å². The van der Waals surface area contributed by atoms with Crippen molar-refractivity contribution in [2.24, 2.45) is 0 Å². The van der Waals surface area contributed by atoms with Gasteiger partial charge in [0.2, 0.25) is 0 Å². The van der Waals surface area contributed by atoms with Crippen molar-refractivity contribution in [1.29, 1.82) is 0 Å². The maximum atomic E-state index is 3.91. The van der Waals surface area contributed by atoms with Gasteiger partial charge in [0, 0.05) is 35.7 Å². The summed E-state index contributed by atoms with van der Waals surface area (Å²) in [5.41, 5.74) is 3.05. The monoisotopic (exact) mass is 320 g/mol. The number of hydrogen-bond acceptors (Lipinski definition) is 2. The van der Waals surface area contributed by atoms with Crippen LogP contribution in [0.25, 0.3) is 0 Å². The highest BCUT2D eigenvalue weighted by Crippen LogP contribution is 2.37. The molecule has 2 fully saturated rings. The zero-order chi connectivity index (χ0) is 12.8. The van der Waals surface area contributed by atoms with Gasteiger partial charge < -0.3 is 5.32 Å².